The van der Waals surface area contributed by atoms with Crippen molar-refractivity contribution >= 4 is 23.6 Å². The third kappa shape index (κ3) is 7.79. The van der Waals surface area contributed by atoms with Crippen molar-refractivity contribution in [1.29, 1.82) is 0 Å². The topological polar surface area (TPSA) is 129 Å². The fraction of sp³-hybridized carbons (Fsp3) is 0.222. The first-order chi connectivity index (χ1) is 22.5. The minimum absolute atomic E-state index is 0.0343. The molecule has 0 aliphatic carbocycles. The molecule has 234 valence electrons. The van der Waals surface area contributed by atoms with Crippen molar-refractivity contribution in [2.24, 2.45) is 10.1 Å². The number of amides is 1. The molecule has 9 nitrogen and oxygen atoms in total. The molecule has 2 N–H and O–H groups in total. The second-order valence-corrected chi connectivity index (χ2v) is 10.7. The number of hydrogen-bond acceptors (Lipinski definition) is 6. The highest BCUT2D eigenvalue weighted by Gasteiger charge is 2.53. The molecule has 0 unspecified atom stereocenters. The van der Waals surface area contributed by atoms with Crippen molar-refractivity contribution in [3.63, 3.8) is 0 Å². The molecule has 4 aromatic rings. The van der Waals surface area contributed by atoms with E-state index < -0.39 is 11.6 Å². The molecule has 0 saturated carbocycles. The van der Waals surface area contributed by atoms with Gasteiger partial charge in [-0.3, -0.25) is 4.79 Å². The number of carbonyl (C=O) groups excluding carboxylic acids is 1. The summed E-state index contributed by atoms with van der Waals surface area (Å²) in [5.41, 5.74) is 11.0. The molecule has 1 aliphatic heterocycles. The van der Waals surface area contributed by atoms with Gasteiger partial charge in [0.2, 0.25) is 5.90 Å². The van der Waals surface area contributed by atoms with Gasteiger partial charge in [0.15, 0.2) is 11.6 Å². The van der Waals surface area contributed by atoms with Crippen molar-refractivity contribution in [1.82, 2.24) is 5.32 Å². The van der Waals surface area contributed by atoms with Crippen molar-refractivity contribution in [2.75, 3.05) is 19.8 Å². The number of nitrogens with one attached hydrogen (secondary N) is 1. The van der Waals surface area contributed by atoms with Crippen molar-refractivity contribution < 1.29 is 23.8 Å². The van der Waals surface area contributed by atoms with Crippen LogP contribution in [-0.2, 0) is 16.0 Å². The minimum atomic E-state index is -1.49. The van der Waals surface area contributed by atoms with Crippen LogP contribution in [0.2, 0.25) is 0 Å². The van der Waals surface area contributed by atoms with E-state index in [-0.39, 0.29) is 37.2 Å². The second kappa shape index (κ2) is 15.5. The normalized spacial score (nSPS) is 17.2. The van der Waals surface area contributed by atoms with Crippen LogP contribution in [0.5, 0.6) is 5.75 Å². The second-order valence-electron chi connectivity index (χ2n) is 10.7. The van der Waals surface area contributed by atoms with Crippen LogP contribution < -0.4 is 10.1 Å². The van der Waals surface area contributed by atoms with Crippen LogP contribution in [0.25, 0.3) is 16.5 Å². The molecule has 0 spiro atoms. The zero-order valence-electron chi connectivity index (χ0n) is 25.1. The predicted octanol–water partition coefficient (Wildman–Crippen LogP) is 7.25. The quantitative estimate of drug-likeness (QED) is 0.0667. The van der Waals surface area contributed by atoms with Crippen molar-refractivity contribution in [3.8, 4) is 5.75 Å². The Labute approximate surface area is 266 Å². The Morgan fingerprint density at radius 1 is 1.07 bits per heavy atom. The summed E-state index contributed by atoms with van der Waals surface area (Å²) in [5, 5.41) is 16.0. The van der Waals surface area contributed by atoms with E-state index >= 15 is 0 Å². The van der Waals surface area contributed by atoms with Crippen LogP contribution in [0.3, 0.4) is 0 Å². The number of nitrogens with zero attached hydrogens (tertiary/aromatic N) is 4. The molecule has 0 bridgehead atoms. The SMILES string of the molecule is [N-]=[N+]=Nc1ccccc1[C@H]1OC(c2ccc(OCCCO)cc2)=N[C@@]1(C/C=C/c1ccccc1)C(=O)NCCc1cccc(F)c1. The zero-order valence-corrected chi connectivity index (χ0v) is 25.1. The van der Waals surface area contributed by atoms with Crippen LogP contribution >= 0.6 is 0 Å². The number of aliphatic hydroxyl groups excluding tert-OH is 1. The fourth-order valence-corrected chi connectivity index (χ4v) is 5.25. The summed E-state index contributed by atoms with van der Waals surface area (Å²) in [6, 6.07) is 30.1. The van der Waals surface area contributed by atoms with Gasteiger partial charge in [-0.25, -0.2) is 9.38 Å². The number of benzene rings is 4. The van der Waals surface area contributed by atoms with Gasteiger partial charge in [0.05, 0.1) is 6.61 Å². The third-order valence-corrected chi connectivity index (χ3v) is 7.53. The zero-order chi connectivity index (χ0) is 32.2. The Hall–Kier alpha value is -5.44. The predicted molar refractivity (Wildman–Crippen MR) is 175 cm³/mol. The van der Waals surface area contributed by atoms with Crippen molar-refractivity contribution in [2.45, 2.75) is 30.9 Å². The number of azide groups is 1. The Kier molecular flexibility index (Phi) is 10.8. The van der Waals surface area contributed by atoms with Crippen LogP contribution in [0.4, 0.5) is 10.1 Å². The average molecular weight is 620 g/mol. The van der Waals surface area contributed by atoms with E-state index in [1.165, 1.54) is 12.1 Å². The summed E-state index contributed by atoms with van der Waals surface area (Å²) in [4.78, 5) is 22.3. The van der Waals surface area contributed by atoms with E-state index in [2.05, 4.69) is 15.3 Å². The lowest BCUT2D eigenvalue weighted by Crippen LogP contribution is -2.48. The summed E-state index contributed by atoms with van der Waals surface area (Å²) in [7, 11) is 0. The van der Waals surface area contributed by atoms with Gasteiger partial charge < -0.3 is 19.9 Å². The van der Waals surface area contributed by atoms with Gasteiger partial charge in [0, 0.05) is 47.7 Å². The molecule has 1 aliphatic rings. The maximum absolute atomic E-state index is 14.3. The lowest BCUT2D eigenvalue weighted by Gasteiger charge is -2.30. The van der Waals surface area contributed by atoms with E-state index in [1.54, 1.807) is 60.7 Å². The smallest absolute Gasteiger partial charge is 0.252 e. The standard InChI is InChI=1S/C36H34FN5O4/c37-29-13-6-11-27(25-29)20-22-39-35(44)36(21-7-12-26-9-2-1-3-10-26)33(31-14-4-5-15-32(31)41-42-38)46-34(40-36)28-16-18-30(19-17-28)45-24-8-23-43/h1-7,9-19,25,33,43H,8,20-24H2,(H,39,44)/b12-7+/t33-,36-/m1/s1. The fourth-order valence-electron chi connectivity index (χ4n) is 5.25. The Morgan fingerprint density at radius 3 is 2.61 bits per heavy atom. The molecule has 0 saturated heterocycles. The maximum atomic E-state index is 14.3. The molecule has 4 aromatic carbocycles. The molecule has 5 rings (SSSR count). The molecular formula is C36H34FN5O4. The van der Waals surface area contributed by atoms with Gasteiger partial charge in [-0.1, -0.05) is 84.0 Å². The lowest BCUT2D eigenvalue weighted by atomic mass is 9.83. The molecule has 1 amide bonds. The van der Waals surface area contributed by atoms with E-state index in [4.69, 9.17) is 19.6 Å². The molecule has 0 aromatic heterocycles. The monoisotopic (exact) mass is 619 g/mol. The summed E-state index contributed by atoms with van der Waals surface area (Å²) in [6.07, 6.45) is 3.95. The highest BCUT2D eigenvalue weighted by Crippen LogP contribution is 2.45. The summed E-state index contributed by atoms with van der Waals surface area (Å²) in [6.45, 7) is 0.645. The molecule has 46 heavy (non-hydrogen) atoms. The van der Waals surface area contributed by atoms with E-state index in [0.29, 0.717) is 42.0 Å². The third-order valence-electron chi connectivity index (χ3n) is 7.53. The number of aliphatic hydroxyl groups is 1. The average Bonchev–Trinajstić information content (AvgIpc) is 3.46. The Balaban J connectivity index is 1.53. The first-order valence-corrected chi connectivity index (χ1v) is 15.0. The number of rotatable bonds is 14. The summed E-state index contributed by atoms with van der Waals surface area (Å²) < 4.78 is 26.0. The minimum Gasteiger partial charge on any atom is -0.494 e. The van der Waals surface area contributed by atoms with Gasteiger partial charge in [-0.2, -0.15) is 0 Å². The Morgan fingerprint density at radius 2 is 1.85 bits per heavy atom. The molecular weight excluding hydrogens is 585 g/mol. The van der Waals surface area contributed by atoms with Gasteiger partial charge in [-0.05, 0) is 59.5 Å². The Bertz CT molecular complexity index is 1740. The largest absolute Gasteiger partial charge is 0.494 e. The molecule has 0 fully saturated rings. The van der Waals surface area contributed by atoms with Gasteiger partial charge in [0.25, 0.3) is 5.91 Å². The van der Waals surface area contributed by atoms with Crippen LogP contribution in [0.15, 0.2) is 119 Å². The molecule has 10 heteroatoms. The summed E-state index contributed by atoms with van der Waals surface area (Å²) >= 11 is 0. The number of ether oxygens (including phenoxy) is 2. The highest BCUT2D eigenvalue weighted by molar-refractivity contribution is 6.01. The number of carbonyl (C=O) groups is 1. The lowest BCUT2D eigenvalue weighted by molar-refractivity contribution is -0.128. The molecule has 1 heterocycles. The van der Waals surface area contributed by atoms with Crippen LogP contribution in [0, 0.1) is 5.82 Å². The van der Waals surface area contributed by atoms with Crippen molar-refractivity contribution in [3.05, 3.63) is 148 Å². The van der Waals surface area contributed by atoms with E-state index in [0.717, 1.165) is 11.1 Å². The van der Waals surface area contributed by atoms with Crippen LogP contribution in [0.1, 0.15) is 41.2 Å². The number of aliphatic imine (C=N–C) groups is 1. The first kappa shape index (κ1) is 32.0. The van der Waals surface area contributed by atoms with E-state index in [9.17, 15) is 14.7 Å². The van der Waals surface area contributed by atoms with E-state index in [1.807, 2.05) is 42.5 Å². The first-order valence-electron chi connectivity index (χ1n) is 15.0. The van der Waals surface area contributed by atoms with Crippen LogP contribution in [-0.4, -0.2) is 42.2 Å². The van der Waals surface area contributed by atoms with Gasteiger partial charge in [0.1, 0.15) is 11.6 Å². The molecule has 0 radical (unpaired) electrons. The van der Waals surface area contributed by atoms with Gasteiger partial charge in [-0.15, -0.1) is 0 Å². The van der Waals surface area contributed by atoms with Gasteiger partial charge >= 0.3 is 0 Å². The maximum Gasteiger partial charge on any atom is 0.252 e. The molecule has 2 atom stereocenters. The highest BCUT2D eigenvalue weighted by atomic mass is 19.1. The number of hydrogen-bond donors (Lipinski definition) is 2. The number of halogens is 1. The summed E-state index contributed by atoms with van der Waals surface area (Å²) in [5.74, 6) is 0.134.